The van der Waals surface area contributed by atoms with Crippen molar-refractivity contribution in [2.75, 3.05) is 18.1 Å². The molecule has 2 rings (SSSR count). The monoisotopic (exact) mass is 282 g/mol. The third-order valence-electron chi connectivity index (χ3n) is 3.53. The Balaban J connectivity index is 2.42. The van der Waals surface area contributed by atoms with E-state index in [4.69, 9.17) is 0 Å². The number of benzene rings is 2. The minimum Gasteiger partial charge on any atom is -0.295 e. The van der Waals surface area contributed by atoms with Gasteiger partial charge in [-0.1, -0.05) is 32.0 Å². The molecule has 0 N–H and O–H groups in total. The Kier molecular flexibility index (Phi) is 5.12. The number of rotatable bonds is 6. The molecule has 0 saturated heterocycles. The number of hydrazine groups is 1. The number of anilines is 2. The molecule has 0 spiro atoms. The molecule has 0 saturated carbocycles. The Morgan fingerprint density at radius 1 is 0.857 bits per heavy atom. The molecule has 0 bridgehead atoms. The molecule has 21 heavy (non-hydrogen) atoms. The minimum absolute atomic E-state index is 0.0932. The molecule has 0 unspecified atom stereocenters. The number of hydrogen-bond donors (Lipinski definition) is 0. The average molecular weight is 282 g/mol. The summed E-state index contributed by atoms with van der Waals surface area (Å²) in [5.74, 6) is 0.0932. The quantitative estimate of drug-likeness (QED) is 0.583. The van der Waals surface area contributed by atoms with Gasteiger partial charge < -0.3 is 0 Å². The fraction of sp³-hybridized carbons (Fsp3) is 0.278. The fourth-order valence-electron chi connectivity index (χ4n) is 2.39. The van der Waals surface area contributed by atoms with Crippen molar-refractivity contribution in [3.05, 3.63) is 60.2 Å². The Morgan fingerprint density at radius 3 is 1.86 bits per heavy atom. The van der Waals surface area contributed by atoms with Crippen molar-refractivity contribution in [2.45, 2.75) is 20.8 Å². The van der Waals surface area contributed by atoms with Gasteiger partial charge in [0.1, 0.15) is 0 Å². The molecule has 0 fully saturated rings. The number of ketones is 1. The van der Waals surface area contributed by atoms with Crippen LogP contribution in [0.15, 0.2) is 54.6 Å². The lowest BCUT2D eigenvalue weighted by Crippen LogP contribution is -2.39. The Hall–Kier alpha value is -2.13. The average Bonchev–Trinajstić information content (AvgIpc) is 2.53. The first-order valence-corrected chi connectivity index (χ1v) is 7.38. The van der Waals surface area contributed by atoms with Crippen molar-refractivity contribution in [3.8, 4) is 0 Å². The first kappa shape index (κ1) is 15.3. The van der Waals surface area contributed by atoms with Crippen LogP contribution in [0.1, 0.15) is 31.1 Å². The van der Waals surface area contributed by atoms with Crippen molar-refractivity contribution in [2.24, 2.45) is 0 Å². The third kappa shape index (κ3) is 3.50. The highest BCUT2D eigenvalue weighted by molar-refractivity contribution is 5.94. The first-order valence-electron chi connectivity index (χ1n) is 7.38. The lowest BCUT2D eigenvalue weighted by Gasteiger charge is -2.35. The molecular weight excluding hydrogens is 260 g/mol. The van der Waals surface area contributed by atoms with Gasteiger partial charge in [0, 0.05) is 18.7 Å². The molecule has 0 aliphatic rings. The molecule has 0 radical (unpaired) electrons. The lowest BCUT2D eigenvalue weighted by molar-refractivity contribution is 0.101. The van der Waals surface area contributed by atoms with E-state index in [0.717, 1.165) is 30.0 Å². The van der Waals surface area contributed by atoms with Crippen molar-refractivity contribution in [1.82, 2.24) is 5.01 Å². The van der Waals surface area contributed by atoms with Crippen LogP contribution in [0, 0.1) is 0 Å². The van der Waals surface area contributed by atoms with Crippen LogP contribution < -0.4 is 5.01 Å². The predicted octanol–water partition coefficient (Wildman–Crippen LogP) is 4.28. The molecule has 3 nitrogen and oxygen atoms in total. The summed E-state index contributed by atoms with van der Waals surface area (Å²) in [6, 6.07) is 18.1. The van der Waals surface area contributed by atoms with E-state index in [9.17, 15) is 4.79 Å². The van der Waals surface area contributed by atoms with Gasteiger partial charge in [-0.15, -0.1) is 0 Å². The summed E-state index contributed by atoms with van der Waals surface area (Å²) < 4.78 is 0. The molecule has 0 amide bonds. The van der Waals surface area contributed by atoms with Crippen LogP contribution in [0.3, 0.4) is 0 Å². The SMILES string of the molecule is CCN(CC)N(c1ccccc1)c1ccc(C(C)=O)cc1. The summed E-state index contributed by atoms with van der Waals surface area (Å²) in [5, 5.41) is 4.46. The topological polar surface area (TPSA) is 23.6 Å². The van der Waals surface area contributed by atoms with Crippen LogP contribution in [-0.2, 0) is 0 Å². The Bertz CT molecular complexity index is 574. The zero-order chi connectivity index (χ0) is 15.2. The second-order valence-electron chi connectivity index (χ2n) is 4.89. The van der Waals surface area contributed by atoms with E-state index in [2.05, 4.69) is 36.0 Å². The molecule has 110 valence electrons. The van der Waals surface area contributed by atoms with E-state index in [0.29, 0.717) is 0 Å². The zero-order valence-corrected chi connectivity index (χ0v) is 12.9. The normalized spacial score (nSPS) is 10.7. The molecule has 3 heteroatoms. The van der Waals surface area contributed by atoms with Crippen LogP contribution in [0.5, 0.6) is 0 Å². The van der Waals surface area contributed by atoms with Gasteiger partial charge in [-0.25, -0.2) is 5.01 Å². The predicted molar refractivity (Wildman–Crippen MR) is 87.9 cm³/mol. The maximum Gasteiger partial charge on any atom is 0.159 e. The maximum absolute atomic E-state index is 11.4. The van der Waals surface area contributed by atoms with E-state index < -0.39 is 0 Å². The van der Waals surface area contributed by atoms with Gasteiger partial charge in [-0.3, -0.25) is 9.80 Å². The van der Waals surface area contributed by atoms with Crippen molar-refractivity contribution >= 4 is 17.2 Å². The van der Waals surface area contributed by atoms with Gasteiger partial charge in [-0.05, 0) is 43.3 Å². The number of Topliss-reactive ketones (excluding diaryl/α,β-unsaturated/α-hetero) is 1. The van der Waals surface area contributed by atoms with E-state index in [1.165, 1.54) is 0 Å². The van der Waals surface area contributed by atoms with E-state index in [1.807, 2.05) is 42.5 Å². The molecule has 2 aromatic rings. The fourth-order valence-corrected chi connectivity index (χ4v) is 2.39. The van der Waals surface area contributed by atoms with Gasteiger partial charge in [0.05, 0.1) is 11.4 Å². The van der Waals surface area contributed by atoms with Crippen molar-refractivity contribution in [1.29, 1.82) is 0 Å². The van der Waals surface area contributed by atoms with Crippen LogP contribution in [0.4, 0.5) is 11.4 Å². The van der Waals surface area contributed by atoms with Crippen molar-refractivity contribution in [3.63, 3.8) is 0 Å². The molecule has 0 heterocycles. The maximum atomic E-state index is 11.4. The number of carbonyl (C=O) groups excluding carboxylic acids is 1. The molecule has 2 aromatic carbocycles. The van der Waals surface area contributed by atoms with Crippen LogP contribution in [0.2, 0.25) is 0 Å². The summed E-state index contributed by atoms with van der Waals surface area (Å²) >= 11 is 0. The van der Waals surface area contributed by atoms with Gasteiger partial charge in [0.15, 0.2) is 5.78 Å². The number of hydrogen-bond acceptors (Lipinski definition) is 3. The molecule has 0 aromatic heterocycles. The van der Waals surface area contributed by atoms with E-state index in [-0.39, 0.29) is 5.78 Å². The highest BCUT2D eigenvalue weighted by atomic mass is 16.1. The first-order chi connectivity index (χ1) is 10.2. The Morgan fingerprint density at radius 2 is 1.38 bits per heavy atom. The second kappa shape index (κ2) is 7.04. The smallest absolute Gasteiger partial charge is 0.159 e. The number of carbonyl (C=O) groups is 1. The summed E-state index contributed by atoms with van der Waals surface area (Å²) in [4.78, 5) is 11.4. The largest absolute Gasteiger partial charge is 0.295 e. The van der Waals surface area contributed by atoms with E-state index >= 15 is 0 Å². The van der Waals surface area contributed by atoms with E-state index in [1.54, 1.807) is 6.92 Å². The summed E-state index contributed by atoms with van der Waals surface area (Å²) in [7, 11) is 0. The standard InChI is InChI=1S/C18H22N2O/c1-4-19(5-2)20(17-9-7-6-8-10-17)18-13-11-16(12-14-18)15(3)21/h6-14H,4-5H2,1-3H3. The molecule has 0 atom stereocenters. The van der Waals surface area contributed by atoms with Gasteiger partial charge in [0.25, 0.3) is 0 Å². The number of para-hydroxylation sites is 1. The lowest BCUT2D eigenvalue weighted by atomic mass is 10.1. The van der Waals surface area contributed by atoms with Crippen LogP contribution in [0.25, 0.3) is 0 Å². The van der Waals surface area contributed by atoms with Crippen LogP contribution in [-0.4, -0.2) is 23.9 Å². The summed E-state index contributed by atoms with van der Waals surface area (Å²) in [6.45, 7) is 7.71. The molecule has 0 aliphatic heterocycles. The number of nitrogens with zero attached hydrogens (tertiary/aromatic N) is 2. The zero-order valence-electron chi connectivity index (χ0n) is 12.9. The van der Waals surface area contributed by atoms with Gasteiger partial charge in [-0.2, -0.15) is 0 Å². The highest BCUT2D eigenvalue weighted by Gasteiger charge is 2.15. The second-order valence-corrected chi connectivity index (χ2v) is 4.89. The summed E-state index contributed by atoms with van der Waals surface area (Å²) in [6.07, 6.45) is 0. The molecular formula is C18H22N2O. The van der Waals surface area contributed by atoms with Gasteiger partial charge in [0.2, 0.25) is 0 Å². The highest BCUT2D eigenvalue weighted by Crippen LogP contribution is 2.27. The Labute approximate surface area is 126 Å². The minimum atomic E-state index is 0.0932. The van der Waals surface area contributed by atoms with Crippen molar-refractivity contribution < 1.29 is 4.79 Å². The summed E-state index contributed by atoms with van der Waals surface area (Å²) in [5.41, 5.74) is 2.93. The van der Waals surface area contributed by atoms with Gasteiger partial charge >= 0.3 is 0 Å². The van der Waals surface area contributed by atoms with Crippen LogP contribution >= 0.6 is 0 Å². The third-order valence-corrected chi connectivity index (χ3v) is 3.53. The molecule has 0 aliphatic carbocycles.